The quantitative estimate of drug-likeness (QED) is 0.361. The normalized spacial score (nSPS) is 12.8. The topological polar surface area (TPSA) is 62.3 Å². The number of amides is 2. The average Bonchev–Trinajstić information content (AvgIpc) is 2.89. The van der Waals surface area contributed by atoms with Crippen molar-refractivity contribution in [2.45, 2.75) is 9.92 Å². The second kappa shape index (κ2) is 7.99. The Bertz CT molecular complexity index is 1210. The summed E-state index contributed by atoms with van der Waals surface area (Å²) in [5.41, 5.74) is -0.986. The molecule has 2 aromatic carbocycles. The maximum Gasteiger partial charge on any atom is 0.259 e. The SMILES string of the molecule is O=C(CN1C(=O)c2ccccc2Sc2ncccc21)Nc1c(F)c(F)c(F)c(F)c1F. The van der Waals surface area contributed by atoms with Gasteiger partial charge in [-0.2, -0.15) is 0 Å². The summed E-state index contributed by atoms with van der Waals surface area (Å²) in [4.78, 5) is 31.3. The summed E-state index contributed by atoms with van der Waals surface area (Å²) >= 11 is 1.19. The zero-order valence-electron chi connectivity index (χ0n) is 15.3. The molecule has 11 heteroatoms. The highest BCUT2D eigenvalue weighted by Crippen LogP contribution is 2.39. The largest absolute Gasteiger partial charge is 0.319 e. The zero-order chi connectivity index (χ0) is 22.3. The molecule has 3 aromatic rings. The summed E-state index contributed by atoms with van der Waals surface area (Å²) in [7, 11) is 0. The molecule has 2 amide bonds. The minimum atomic E-state index is -2.34. The molecule has 5 nitrogen and oxygen atoms in total. The van der Waals surface area contributed by atoms with Crippen LogP contribution in [0.3, 0.4) is 0 Å². The molecule has 2 heterocycles. The first-order valence-corrected chi connectivity index (χ1v) is 9.46. The van der Waals surface area contributed by atoms with Gasteiger partial charge in [0.1, 0.15) is 17.3 Å². The van der Waals surface area contributed by atoms with Gasteiger partial charge in [-0.15, -0.1) is 0 Å². The van der Waals surface area contributed by atoms with Crippen LogP contribution in [-0.4, -0.2) is 23.3 Å². The lowest BCUT2D eigenvalue weighted by molar-refractivity contribution is -0.115. The van der Waals surface area contributed by atoms with E-state index in [4.69, 9.17) is 0 Å². The third kappa shape index (κ3) is 3.61. The third-order valence-corrected chi connectivity index (χ3v) is 5.47. The van der Waals surface area contributed by atoms with Crippen LogP contribution in [0.2, 0.25) is 0 Å². The van der Waals surface area contributed by atoms with E-state index in [0.29, 0.717) is 9.92 Å². The number of aromatic nitrogens is 1. The first-order valence-electron chi connectivity index (χ1n) is 8.64. The average molecular weight is 451 g/mol. The predicted molar refractivity (Wildman–Crippen MR) is 101 cm³/mol. The second-order valence-corrected chi connectivity index (χ2v) is 7.34. The van der Waals surface area contributed by atoms with Crippen molar-refractivity contribution in [3.63, 3.8) is 0 Å². The number of fused-ring (bicyclic) bond motifs is 2. The van der Waals surface area contributed by atoms with Gasteiger partial charge in [-0.1, -0.05) is 23.9 Å². The minimum Gasteiger partial charge on any atom is -0.319 e. The van der Waals surface area contributed by atoms with Gasteiger partial charge in [0, 0.05) is 11.1 Å². The van der Waals surface area contributed by atoms with Gasteiger partial charge in [-0.05, 0) is 24.3 Å². The monoisotopic (exact) mass is 451 g/mol. The standard InChI is InChI=1S/C20H10F5N3O2S/c21-13-14(22)16(24)18(17(25)15(13)23)27-12(29)8-28-10-5-3-7-26-19(10)31-11-6-2-1-4-9(11)20(28)30/h1-7H,8H2,(H,27,29). The molecular formula is C20H10F5N3O2S. The molecule has 0 atom stereocenters. The smallest absolute Gasteiger partial charge is 0.259 e. The summed E-state index contributed by atoms with van der Waals surface area (Å²) in [6.45, 7) is -0.758. The fourth-order valence-corrected chi connectivity index (χ4v) is 3.97. The maximum atomic E-state index is 13.9. The molecule has 1 aliphatic rings. The van der Waals surface area contributed by atoms with Crippen molar-refractivity contribution in [1.29, 1.82) is 0 Å². The minimum absolute atomic E-state index is 0.251. The molecule has 1 aliphatic heterocycles. The molecule has 0 saturated heterocycles. The molecule has 0 fully saturated rings. The number of pyridine rings is 1. The van der Waals surface area contributed by atoms with Crippen LogP contribution in [0.4, 0.5) is 33.3 Å². The van der Waals surface area contributed by atoms with Crippen LogP contribution >= 0.6 is 11.8 Å². The predicted octanol–water partition coefficient (Wildman–Crippen LogP) is 4.53. The second-order valence-electron chi connectivity index (χ2n) is 6.31. The van der Waals surface area contributed by atoms with Crippen LogP contribution in [0.5, 0.6) is 0 Å². The number of anilines is 2. The van der Waals surface area contributed by atoms with Crippen molar-refractivity contribution in [3.05, 3.63) is 77.2 Å². The number of hydrogen-bond donors (Lipinski definition) is 1. The summed E-state index contributed by atoms with van der Waals surface area (Å²) in [6.07, 6.45) is 1.48. The lowest BCUT2D eigenvalue weighted by Crippen LogP contribution is -2.38. The first kappa shape index (κ1) is 20.8. The van der Waals surface area contributed by atoms with Crippen molar-refractivity contribution in [2.75, 3.05) is 16.8 Å². The van der Waals surface area contributed by atoms with Gasteiger partial charge in [0.25, 0.3) is 5.91 Å². The fourth-order valence-electron chi connectivity index (χ4n) is 2.95. The highest BCUT2D eigenvalue weighted by atomic mass is 32.2. The molecule has 0 saturated carbocycles. The first-order chi connectivity index (χ1) is 14.8. The lowest BCUT2D eigenvalue weighted by Gasteiger charge is -2.22. The van der Waals surface area contributed by atoms with Crippen molar-refractivity contribution in [1.82, 2.24) is 4.98 Å². The Morgan fingerprint density at radius 2 is 1.58 bits per heavy atom. The number of nitrogens with zero attached hydrogens (tertiary/aromatic N) is 2. The van der Waals surface area contributed by atoms with Gasteiger partial charge in [0.2, 0.25) is 11.7 Å². The van der Waals surface area contributed by atoms with Crippen molar-refractivity contribution >= 4 is 35.0 Å². The van der Waals surface area contributed by atoms with Gasteiger partial charge in [-0.25, -0.2) is 26.9 Å². The summed E-state index contributed by atoms with van der Waals surface area (Å²) in [5, 5.41) is 2.07. The molecule has 0 spiro atoms. The molecule has 0 aliphatic carbocycles. The van der Waals surface area contributed by atoms with E-state index in [2.05, 4.69) is 4.98 Å². The summed E-state index contributed by atoms with van der Waals surface area (Å²) in [6, 6.07) is 9.60. The molecular weight excluding hydrogens is 441 g/mol. The van der Waals surface area contributed by atoms with Crippen LogP contribution in [0.1, 0.15) is 10.4 Å². The van der Waals surface area contributed by atoms with Crippen molar-refractivity contribution in [3.8, 4) is 0 Å². The molecule has 31 heavy (non-hydrogen) atoms. The van der Waals surface area contributed by atoms with E-state index in [1.165, 1.54) is 36.2 Å². The summed E-state index contributed by atoms with van der Waals surface area (Å²) < 4.78 is 67.8. The third-order valence-electron chi connectivity index (χ3n) is 4.39. The van der Waals surface area contributed by atoms with Gasteiger partial charge in [0.15, 0.2) is 23.3 Å². The molecule has 4 rings (SSSR count). The Kier molecular flexibility index (Phi) is 5.36. The highest BCUT2D eigenvalue weighted by Gasteiger charge is 2.31. The lowest BCUT2D eigenvalue weighted by atomic mass is 10.2. The number of hydrogen-bond acceptors (Lipinski definition) is 4. The van der Waals surface area contributed by atoms with E-state index >= 15 is 0 Å². The molecule has 0 radical (unpaired) electrons. The number of rotatable bonds is 3. The molecule has 158 valence electrons. The van der Waals surface area contributed by atoms with E-state index in [9.17, 15) is 31.5 Å². The van der Waals surface area contributed by atoms with Crippen molar-refractivity contribution in [2.24, 2.45) is 0 Å². The van der Waals surface area contributed by atoms with Crippen LogP contribution in [0, 0.1) is 29.1 Å². The van der Waals surface area contributed by atoms with Crippen LogP contribution in [0.25, 0.3) is 0 Å². The zero-order valence-corrected chi connectivity index (χ0v) is 16.1. The van der Waals surface area contributed by atoms with Gasteiger partial charge < -0.3 is 5.32 Å². The van der Waals surface area contributed by atoms with Crippen LogP contribution < -0.4 is 10.2 Å². The molecule has 1 aromatic heterocycles. The van der Waals surface area contributed by atoms with Gasteiger partial charge >= 0.3 is 0 Å². The Labute approximate surface area is 175 Å². The van der Waals surface area contributed by atoms with Gasteiger partial charge in [-0.3, -0.25) is 14.5 Å². The number of carbonyl (C=O) groups is 2. The molecule has 0 bridgehead atoms. The number of carbonyl (C=O) groups excluding carboxylic acids is 2. The van der Waals surface area contributed by atoms with Crippen LogP contribution in [0.15, 0.2) is 52.5 Å². The number of nitrogens with one attached hydrogen (secondary N) is 1. The number of benzene rings is 2. The van der Waals surface area contributed by atoms with E-state index in [1.807, 2.05) is 0 Å². The van der Waals surface area contributed by atoms with Crippen molar-refractivity contribution < 1.29 is 31.5 Å². The van der Waals surface area contributed by atoms with E-state index in [1.54, 1.807) is 23.5 Å². The summed E-state index contributed by atoms with van der Waals surface area (Å²) in [5.74, 6) is -12.9. The maximum absolute atomic E-state index is 13.9. The Morgan fingerprint density at radius 1 is 0.935 bits per heavy atom. The van der Waals surface area contributed by atoms with E-state index in [0.717, 1.165) is 4.90 Å². The van der Waals surface area contributed by atoms with E-state index in [-0.39, 0.29) is 11.3 Å². The highest BCUT2D eigenvalue weighted by molar-refractivity contribution is 7.99. The van der Waals surface area contributed by atoms with E-state index < -0.39 is 53.1 Å². The Balaban J connectivity index is 1.69. The molecule has 1 N–H and O–H groups in total. The fraction of sp³-hybridized carbons (Fsp3) is 0.0500. The number of halogens is 5. The van der Waals surface area contributed by atoms with Gasteiger partial charge in [0.05, 0.1) is 11.3 Å². The Hall–Kier alpha value is -3.47. The van der Waals surface area contributed by atoms with Crippen LogP contribution in [-0.2, 0) is 4.79 Å². The Morgan fingerprint density at radius 3 is 2.29 bits per heavy atom. The molecule has 0 unspecified atom stereocenters.